The third-order valence-corrected chi connectivity index (χ3v) is 7.78. The van der Waals surface area contributed by atoms with Crippen LogP contribution in [0, 0.1) is 0 Å². The van der Waals surface area contributed by atoms with Crippen molar-refractivity contribution in [3.05, 3.63) is 125 Å². The lowest BCUT2D eigenvalue weighted by atomic mass is 10.00. The van der Waals surface area contributed by atoms with E-state index >= 15 is 0 Å². The number of unbranched alkanes of at least 4 members (excludes halogenated alkanes) is 3. The monoisotopic (exact) mass is 620 g/mol. The molecule has 0 aliphatic carbocycles. The van der Waals surface area contributed by atoms with E-state index < -0.39 is 12.0 Å². The number of para-hydroxylation sites is 2. The van der Waals surface area contributed by atoms with Gasteiger partial charge in [0.05, 0.1) is 13.7 Å². The number of benzene rings is 4. The Morgan fingerprint density at radius 2 is 1.39 bits per heavy atom. The van der Waals surface area contributed by atoms with Crippen molar-refractivity contribution in [2.45, 2.75) is 57.9 Å². The minimum Gasteiger partial charge on any atom is -0.494 e. The van der Waals surface area contributed by atoms with Crippen LogP contribution in [0.1, 0.15) is 77.3 Å². The Morgan fingerprint density at radius 1 is 0.717 bits per heavy atom. The molecule has 0 aromatic heterocycles. The van der Waals surface area contributed by atoms with Crippen LogP contribution < -0.4 is 15.4 Å². The zero-order valence-corrected chi connectivity index (χ0v) is 26.8. The summed E-state index contributed by atoms with van der Waals surface area (Å²) in [4.78, 5) is 38.7. The average molecular weight is 621 g/mol. The van der Waals surface area contributed by atoms with Gasteiger partial charge in [-0.1, -0.05) is 92.9 Å². The van der Waals surface area contributed by atoms with E-state index in [0.717, 1.165) is 54.7 Å². The molecule has 2 N–H and O–H groups in total. The van der Waals surface area contributed by atoms with Crippen molar-refractivity contribution in [3.8, 4) is 5.75 Å². The third kappa shape index (κ3) is 10.1. The number of ether oxygens (including phenoxy) is 2. The van der Waals surface area contributed by atoms with E-state index in [-0.39, 0.29) is 11.6 Å². The normalized spacial score (nSPS) is 11.3. The number of nitrogens with one attached hydrogen (secondary N) is 2. The Labute approximate surface area is 272 Å². The molecule has 0 saturated heterocycles. The molecule has 7 heteroatoms. The van der Waals surface area contributed by atoms with E-state index in [0.29, 0.717) is 42.8 Å². The van der Waals surface area contributed by atoms with Crippen molar-refractivity contribution in [2.75, 3.05) is 30.9 Å². The van der Waals surface area contributed by atoms with E-state index in [1.165, 1.54) is 7.11 Å². The highest BCUT2D eigenvalue weighted by Gasteiger charge is 2.22. The van der Waals surface area contributed by atoms with Crippen LogP contribution in [0.25, 0.3) is 0 Å². The van der Waals surface area contributed by atoms with E-state index in [1.54, 1.807) is 30.3 Å². The Bertz CT molecular complexity index is 1550. The lowest BCUT2D eigenvalue weighted by Gasteiger charge is -2.20. The van der Waals surface area contributed by atoms with Crippen LogP contribution in [-0.4, -0.2) is 43.8 Å². The predicted octanol–water partition coefficient (Wildman–Crippen LogP) is 8.15. The highest BCUT2D eigenvalue weighted by molar-refractivity contribution is 6.12. The first kappa shape index (κ1) is 34.0. The first-order valence-corrected chi connectivity index (χ1v) is 16.1. The maximum absolute atomic E-state index is 13.2. The van der Waals surface area contributed by atoms with Crippen LogP contribution >= 0.6 is 0 Å². The molecule has 0 aliphatic rings. The molecule has 1 atom stereocenters. The zero-order chi connectivity index (χ0) is 32.6. The van der Waals surface area contributed by atoms with Crippen LogP contribution in [0.2, 0.25) is 0 Å². The number of ketones is 2. The smallest absolute Gasteiger partial charge is 0.328 e. The molecule has 4 rings (SSSR count). The zero-order valence-electron chi connectivity index (χ0n) is 26.8. The number of anilines is 2. The van der Waals surface area contributed by atoms with Gasteiger partial charge in [-0.05, 0) is 54.8 Å². The van der Waals surface area contributed by atoms with Crippen LogP contribution in [0.5, 0.6) is 5.75 Å². The minimum atomic E-state index is -0.696. The molecule has 4 aromatic carbocycles. The molecule has 240 valence electrons. The molecule has 4 aromatic rings. The SMILES string of the molecule is CCCCCCC(=O)c1ccccc1NCCCOc1ccc(CC(Nc2ccccc2C(=O)c2ccccc2)C(=O)OC)cc1. The lowest BCUT2D eigenvalue weighted by molar-refractivity contribution is -0.141. The Balaban J connectivity index is 1.28. The second kappa shape index (κ2) is 18.2. The topological polar surface area (TPSA) is 93.7 Å². The first-order chi connectivity index (χ1) is 22.5. The molecular weight excluding hydrogens is 576 g/mol. The first-order valence-electron chi connectivity index (χ1n) is 16.1. The van der Waals surface area contributed by atoms with E-state index in [1.807, 2.05) is 72.8 Å². The number of carbonyl (C=O) groups is 3. The highest BCUT2D eigenvalue weighted by atomic mass is 16.5. The maximum atomic E-state index is 13.2. The summed E-state index contributed by atoms with van der Waals surface area (Å²) in [5, 5.41) is 6.64. The van der Waals surface area contributed by atoms with Crippen LogP contribution in [-0.2, 0) is 16.0 Å². The molecular formula is C39H44N2O5. The summed E-state index contributed by atoms with van der Waals surface area (Å²) in [6.07, 6.45) is 6.03. The van der Waals surface area contributed by atoms with Crippen molar-refractivity contribution >= 4 is 28.9 Å². The summed E-state index contributed by atoms with van der Waals surface area (Å²) < 4.78 is 11.0. The van der Waals surface area contributed by atoms with Crippen molar-refractivity contribution in [2.24, 2.45) is 0 Å². The summed E-state index contributed by atoms with van der Waals surface area (Å²) in [7, 11) is 1.36. The van der Waals surface area contributed by atoms with Gasteiger partial charge in [-0.15, -0.1) is 0 Å². The third-order valence-electron chi connectivity index (χ3n) is 7.78. The Hall–Kier alpha value is -4.91. The van der Waals surface area contributed by atoms with Crippen molar-refractivity contribution in [1.82, 2.24) is 0 Å². The Morgan fingerprint density at radius 3 is 2.11 bits per heavy atom. The molecule has 0 radical (unpaired) electrons. The number of esters is 1. The number of hydrogen-bond donors (Lipinski definition) is 2. The molecule has 0 aliphatic heterocycles. The highest BCUT2D eigenvalue weighted by Crippen LogP contribution is 2.23. The van der Waals surface area contributed by atoms with Gasteiger partial charge in [0.2, 0.25) is 0 Å². The number of rotatable bonds is 19. The standard InChI is InChI=1S/C39H44N2O5/c1-3-4-5-9-21-37(42)32-17-10-12-19-34(32)40-26-14-27-46-31-24-22-29(23-25-31)28-36(39(44)45-2)41-35-20-13-11-18-33(35)38(43)30-15-7-6-8-16-30/h6-8,10-13,15-20,22-25,36,40-41H,3-5,9,14,21,26-28H2,1-2H3. The van der Waals surface area contributed by atoms with E-state index in [9.17, 15) is 14.4 Å². The number of Topliss-reactive ketones (excluding diaryl/α,β-unsaturated/α-hetero) is 1. The summed E-state index contributed by atoms with van der Waals surface area (Å²) in [5.41, 5.74) is 4.16. The second-order valence-corrected chi connectivity index (χ2v) is 11.2. The summed E-state index contributed by atoms with van der Waals surface area (Å²) in [5.74, 6) is 0.368. The molecule has 0 amide bonds. The molecule has 0 fully saturated rings. The molecule has 46 heavy (non-hydrogen) atoms. The lowest BCUT2D eigenvalue weighted by Crippen LogP contribution is -2.33. The van der Waals surface area contributed by atoms with Gasteiger partial charge in [0, 0.05) is 47.5 Å². The minimum absolute atomic E-state index is 0.125. The van der Waals surface area contributed by atoms with Crippen LogP contribution in [0.3, 0.4) is 0 Å². The van der Waals surface area contributed by atoms with Gasteiger partial charge in [-0.3, -0.25) is 9.59 Å². The molecule has 0 bridgehead atoms. The van der Waals surface area contributed by atoms with E-state index in [2.05, 4.69) is 17.6 Å². The Kier molecular flexibility index (Phi) is 13.4. The van der Waals surface area contributed by atoms with Gasteiger partial charge in [0.25, 0.3) is 0 Å². The van der Waals surface area contributed by atoms with Crippen molar-refractivity contribution < 1.29 is 23.9 Å². The summed E-state index contributed by atoms with van der Waals surface area (Å²) in [6, 6.07) is 30.9. The van der Waals surface area contributed by atoms with Crippen LogP contribution in [0.15, 0.2) is 103 Å². The van der Waals surface area contributed by atoms with Crippen molar-refractivity contribution in [1.29, 1.82) is 0 Å². The summed E-state index contributed by atoms with van der Waals surface area (Å²) >= 11 is 0. The number of methoxy groups -OCH3 is 1. The molecule has 0 saturated carbocycles. The van der Waals surface area contributed by atoms with Crippen LogP contribution in [0.4, 0.5) is 11.4 Å². The maximum Gasteiger partial charge on any atom is 0.328 e. The summed E-state index contributed by atoms with van der Waals surface area (Å²) in [6.45, 7) is 3.36. The molecule has 7 nitrogen and oxygen atoms in total. The number of hydrogen-bond acceptors (Lipinski definition) is 7. The fourth-order valence-electron chi connectivity index (χ4n) is 5.25. The average Bonchev–Trinajstić information content (AvgIpc) is 3.10. The molecule has 1 unspecified atom stereocenters. The molecule has 0 spiro atoms. The molecule has 0 heterocycles. The van der Waals surface area contributed by atoms with Gasteiger partial charge in [0.1, 0.15) is 11.8 Å². The van der Waals surface area contributed by atoms with Gasteiger partial charge in [-0.25, -0.2) is 4.79 Å². The quantitative estimate of drug-likeness (QED) is 0.0621. The van der Waals surface area contributed by atoms with Gasteiger partial charge in [-0.2, -0.15) is 0 Å². The second-order valence-electron chi connectivity index (χ2n) is 11.2. The van der Waals surface area contributed by atoms with Gasteiger partial charge in [0.15, 0.2) is 11.6 Å². The van der Waals surface area contributed by atoms with Gasteiger partial charge < -0.3 is 20.1 Å². The predicted molar refractivity (Wildman–Crippen MR) is 184 cm³/mol. The largest absolute Gasteiger partial charge is 0.494 e. The number of carbonyl (C=O) groups excluding carboxylic acids is 3. The van der Waals surface area contributed by atoms with E-state index in [4.69, 9.17) is 9.47 Å². The van der Waals surface area contributed by atoms with Gasteiger partial charge >= 0.3 is 5.97 Å². The fraction of sp³-hybridized carbons (Fsp3) is 0.308. The van der Waals surface area contributed by atoms with Crippen molar-refractivity contribution in [3.63, 3.8) is 0 Å². The fourth-order valence-corrected chi connectivity index (χ4v) is 5.25.